The van der Waals surface area contributed by atoms with Crippen LogP contribution in [-0.2, 0) is 18.4 Å². The number of likely N-dealkylation sites (tertiary alicyclic amines) is 1. The van der Waals surface area contributed by atoms with Gasteiger partial charge in [-0.15, -0.1) is 12.4 Å². The molecule has 3 aromatic rings. The Balaban J connectivity index is 0.00000256. The number of aryl methyl sites for hydroxylation is 1. The first kappa shape index (κ1) is 21.9. The van der Waals surface area contributed by atoms with Crippen LogP contribution in [0.2, 0.25) is 0 Å². The van der Waals surface area contributed by atoms with Gasteiger partial charge in [-0.1, -0.05) is 42.8 Å². The quantitative estimate of drug-likeness (QED) is 0.608. The van der Waals surface area contributed by atoms with Crippen LogP contribution in [0.4, 0.5) is 5.69 Å². The molecule has 1 aliphatic heterocycles. The first-order valence-corrected chi connectivity index (χ1v) is 10.2. The summed E-state index contributed by atoms with van der Waals surface area (Å²) in [5, 5.41) is 10.8. The Morgan fingerprint density at radius 3 is 2.40 bits per heavy atom. The second-order valence-electron chi connectivity index (χ2n) is 7.66. The summed E-state index contributed by atoms with van der Waals surface area (Å²) < 4.78 is 2.04. The number of anilines is 1. The third-order valence-electron chi connectivity index (χ3n) is 5.82. The van der Waals surface area contributed by atoms with E-state index in [0.29, 0.717) is 18.7 Å². The monoisotopic (exact) mass is 422 g/mol. The van der Waals surface area contributed by atoms with Gasteiger partial charge in [0.15, 0.2) is 0 Å². The van der Waals surface area contributed by atoms with E-state index in [2.05, 4.69) is 11.0 Å². The van der Waals surface area contributed by atoms with Gasteiger partial charge in [0, 0.05) is 23.6 Å². The number of aromatic nitrogens is 1. The largest absolute Gasteiger partial charge is 0.345 e. The Bertz CT molecular complexity index is 1050. The fourth-order valence-electron chi connectivity index (χ4n) is 4.23. The highest BCUT2D eigenvalue weighted by Gasteiger charge is 2.24. The highest BCUT2D eigenvalue weighted by atomic mass is 35.5. The fraction of sp³-hybridized carbons (Fsp3) is 0.333. The predicted octanol–water partition coefficient (Wildman–Crippen LogP) is 4.49. The second kappa shape index (κ2) is 9.80. The number of carbonyl (C=O) groups excluding carboxylic acids is 1. The molecular weight excluding hydrogens is 396 g/mol. The fourth-order valence-corrected chi connectivity index (χ4v) is 4.23. The van der Waals surface area contributed by atoms with Crippen LogP contribution in [0, 0.1) is 11.3 Å². The summed E-state index contributed by atoms with van der Waals surface area (Å²) in [7, 11) is 1.97. The minimum atomic E-state index is 0. The molecule has 1 aliphatic rings. The number of hydrogen-bond donors (Lipinski definition) is 0. The minimum absolute atomic E-state index is 0. The van der Waals surface area contributed by atoms with Crippen molar-refractivity contribution in [1.29, 1.82) is 5.26 Å². The van der Waals surface area contributed by atoms with Gasteiger partial charge in [0.2, 0.25) is 5.91 Å². The predicted molar refractivity (Wildman–Crippen MR) is 123 cm³/mol. The standard InChI is InChI=1S/C24H26N4O.ClH/c1-26-22-13-7-6-12-20(22)21(16-25)23(26)17-28(19-10-4-2-5-11-19)24(29)18-27-14-8-3-9-15-27;/h2,4-7,10-13H,3,8-9,14-15,17-18H2,1H3;1H. The maximum atomic E-state index is 13.3. The first-order valence-electron chi connectivity index (χ1n) is 10.2. The maximum absolute atomic E-state index is 13.3. The molecule has 0 atom stereocenters. The molecule has 156 valence electrons. The van der Waals surface area contributed by atoms with Crippen LogP contribution in [0.3, 0.4) is 0 Å². The number of piperidine rings is 1. The van der Waals surface area contributed by atoms with Crippen molar-refractivity contribution in [3.8, 4) is 6.07 Å². The van der Waals surface area contributed by atoms with Gasteiger partial charge in [0.1, 0.15) is 6.07 Å². The second-order valence-corrected chi connectivity index (χ2v) is 7.66. The van der Waals surface area contributed by atoms with Crippen LogP contribution in [0.5, 0.6) is 0 Å². The molecule has 1 amide bonds. The average molecular weight is 423 g/mol. The van der Waals surface area contributed by atoms with Crippen LogP contribution >= 0.6 is 12.4 Å². The van der Waals surface area contributed by atoms with Gasteiger partial charge in [-0.2, -0.15) is 5.26 Å². The minimum Gasteiger partial charge on any atom is -0.345 e. The van der Waals surface area contributed by atoms with E-state index >= 15 is 0 Å². The molecule has 5 nitrogen and oxygen atoms in total. The number of amides is 1. The molecule has 0 unspecified atom stereocenters. The summed E-state index contributed by atoms with van der Waals surface area (Å²) in [5.41, 5.74) is 3.39. The molecule has 0 aliphatic carbocycles. The number of halogens is 1. The lowest BCUT2D eigenvalue weighted by Crippen LogP contribution is -2.42. The Kier molecular flexibility index (Phi) is 7.15. The highest BCUT2D eigenvalue weighted by molar-refractivity contribution is 5.95. The van der Waals surface area contributed by atoms with Crippen molar-refractivity contribution >= 4 is 34.9 Å². The highest BCUT2D eigenvalue weighted by Crippen LogP contribution is 2.27. The maximum Gasteiger partial charge on any atom is 0.241 e. The van der Waals surface area contributed by atoms with E-state index in [1.54, 1.807) is 0 Å². The van der Waals surface area contributed by atoms with Crippen LogP contribution in [-0.4, -0.2) is 35.0 Å². The zero-order valence-electron chi connectivity index (χ0n) is 17.3. The lowest BCUT2D eigenvalue weighted by Gasteiger charge is -2.30. The Labute approximate surface area is 183 Å². The Morgan fingerprint density at radius 1 is 1.03 bits per heavy atom. The van der Waals surface area contributed by atoms with Crippen molar-refractivity contribution < 1.29 is 4.79 Å². The van der Waals surface area contributed by atoms with E-state index < -0.39 is 0 Å². The molecule has 0 spiro atoms. The van der Waals surface area contributed by atoms with Crippen molar-refractivity contribution in [3.63, 3.8) is 0 Å². The number of benzene rings is 2. The van der Waals surface area contributed by atoms with Gasteiger partial charge in [-0.3, -0.25) is 9.69 Å². The van der Waals surface area contributed by atoms with Gasteiger partial charge in [-0.05, 0) is 44.1 Å². The molecule has 1 saturated heterocycles. The molecule has 1 aromatic heterocycles. The van der Waals surface area contributed by atoms with Gasteiger partial charge < -0.3 is 9.47 Å². The summed E-state index contributed by atoms with van der Waals surface area (Å²) >= 11 is 0. The topological polar surface area (TPSA) is 52.3 Å². The number of fused-ring (bicyclic) bond motifs is 1. The molecule has 0 bridgehead atoms. The smallest absolute Gasteiger partial charge is 0.241 e. The summed E-state index contributed by atoms with van der Waals surface area (Å²) in [6, 6.07) is 20.0. The molecule has 30 heavy (non-hydrogen) atoms. The zero-order valence-corrected chi connectivity index (χ0v) is 18.1. The lowest BCUT2D eigenvalue weighted by atomic mass is 10.1. The molecule has 0 N–H and O–H groups in total. The third kappa shape index (κ3) is 4.35. The zero-order chi connectivity index (χ0) is 20.2. The van der Waals surface area contributed by atoms with Crippen molar-refractivity contribution in [1.82, 2.24) is 9.47 Å². The van der Waals surface area contributed by atoms with E-state index in [9.17, 15) is 10.1 Å². The van der Waals surface area contributed by atoms with Crippen LogP contribution in [0.25, 0.3) is 10.9 Å². The van der Waals surface area contributed by atoms with Gasteiger partial charge in [0.25, 0.3) is 0 Å². The number of hydrogen-bond acceptors (Lipinski definition) is 3. The summed E-state index contributed by atoms with van der Waals surface area (Å²) in [5.74, 6) is 0.0762. The Morgan fingerprint density at radius 2 is 1.70 bits per heavy atom. The normalized spacial score (nSPS) is 14.1. The van der Waals surface area contributed by atoms with Crippen LogP contribution in [0.1, 0.15) is 30.5 Å². The Hall–Kier alpha value is -2.81. The molecular formula is C24H27ClN4O. The first-order chi connectivity index (χ1) is 14.2. The number of carbonyl (C=O) groups is 1. The SMILES string of the molecule is Cl.Cn1c(CN(C(=O)CN2CCCCC2)c2ccccc2)c(C#N)c2ccccc21. The molecule has 2 aromatic carbocycles. The van der Waals surface area contributed by atoms with E-state index in [1.807, 2.05) is 71.1 Å². The average Bonchev–Trinajstić information content (AvgIpc) is 3.04. The summed E-state index contributed by atoms with van der Waals surface area (Å²) in [6.07, 6.45) is 3.55. The molecule has 1 fully saturated rings. The summed E-state index contributed by atoms with van der Waals surface area (Å²) in [4.78, 5) is 17.4. The molecule has 0 saturated carbocycles. The molecule has 6 heteroatoms. The van der Waals surface area contributed by atoms with Gasteiger partial charge >= 0.3 is 0 Å². The van der Waals surface area contributed by atoms with Crippen molar-refractivity contribution in [2.45, 2.75) is 25.8 Å². The van der Waals surface area contributed by atoms with Crippen LogP contribution < -0.4 is 4.90 Å². The number of rotatable bonds is 5. The van der Waals surface area contributed by atoms with E-state index in [1.165, 1.54) is 6.42 Å². The van der Waals surface area contributed by atoms with Crippen LogP contribution in [0.15, 0.2) is 54.6 Å². The molecule has 0 radical (unpaired) electrons. The molecule has 2 heterocycles. The number of nitrogens with zero attached hydrogens (tertiary/aromatic N) is 4. The van der Waals surface area contributed by atoms with Gasteiger partial charge in [0.05, 0.1) is 24.3 Å². The number of nitriles is 1. The van der Waals surface area contributed by atoms with E-state index in [0.717, 1.165) is 48.2 Å². The summed E-state index contributed by atoms with van der Waals surface area (Å²) in [6.45, 7) is 2.75. The van der Waals surface area contributed by atoms with Crippen molar-refractivity contribution in [2.24, 2.45) is 7.05 Å². The van der Waals surface area contributed by atoms with E-state index in [4.69, 9.17) is 0 Å². The molecule has 4 rings (SSSR count). The van der Waals surface area contributed by atoms with Gasteiger partial charge in [-0.25, -0.2) is 0 Å². The van der Waals surface area contributed by atoms with E-state index in [-0.39, 0.29) is 18.3 Å². The third-order valence-corrected chi connectivity index (χ3v) is 5.82. The lowest BCUT2D eigenvalue weighted by molar-refractivity contribution is -0.120. The van der Waals surface area contributed by atoms with Crippen molar-refractivity contribution in [2.75, 3.05) is 24.5 Å². The van der Waals surface area contributed by atoms with Crippen molar-refractivity contribution in [3.05, 3.63) is 65.9 Å². The number of para-hydroxylation sites is 2.